The molecule has 0 aromatic heterocycles. The normalized spacial score (nSPS) is 16.9. The van der Waals surface area contributed by atoms with Gasteiger partial charge >= 0.3 is 0 Å². The molecule has 27 nitrogen and oxygen atoms in total. The van der Waals surface area contributed by atoms with Crippen molar-refractivity contribution in [2.24, 2.45) is 23.7 Å². The standard InChI is InChI=1S/C67H101N11O16/c1-13-43(6)61(50(92-11)35-57(85)77-33-23-28-49(77)63(93-12)44(7)64(88)72-45(8)62(87)47-26-19-15-20-27-47)76(10)67(91)59(41(2)3)74-66(90)60(42(4)5)75(9)58(86)39-94-40-71-53(81)37-70-65(89)48(34-46-24-17-14-18-25-46)73-54(82)38-69-52(80)36-68-51(79)29-21-16-22-32-78-55(83)30-31-56(78)84/h14-15,17-20,24-27,30-31,41-45,48-50,59-63,87H,13,16,21-23,28-29,32-40H2,1-12H3,(H,68,79)(H,69,80)(H,70,89)(H,71,81)(H,72,88)(H,73,82)(H,74,90)/t43-,44+,45+,48-,49-,50?,59-,60-,61-,62+,63+/m0/s1. The van der Waals surface area contributed by atoms with E-state index in [9.17, 15) is 62.6 Å². The van der Waals surface area contributed by atoms with E-state index in [2.05, 4.69) is 37.2 Å². The van der Waals surface area contributed by atoms with Crippen molar-refractivity contribution in [3.8, 4) is 0 Å². The summed E-state index contributed by atoms with van der Waals surface area (Å²) in [4.78, 5) is 164. The second kappa shape index (κ2) is 39.5. The number of imide groups is 1. The van der Waals surface area contributed by atoms with Crippen LogP contribution in [0.4, 0.5) is 0 Å². The molecule has 520 valence electrons. The van der Waals surface area contributed by atoms with Crippen molar-refractivity contribution in [2.45, 2.75) is 168 Å². The van der Waals surface area contributed by atoms with Gasteiger partial charge in [0.1, 0.15) is 31.5 Å². The lowest BCUT2D eigenvalue weighted by atomic mass is 9.89. The van der Waals surface area contributed by atoms with Crippen LogP contribution < -0.4 is 37.2 Å². The van der Waals surface area contributed by atoms with Crippen LogP contribution in [0.5, 0.6) is 0 Å². The summed E-state index contributed by atoms with van der Waals surface area (Å²) >= 11 is 0. The molecule has 8 N–H and O–H groups in total. The van der Waals surface area contributed by atoms with Gasteiger partial charge in [0, 0.05) is 66.4 Å². The molecule has 2 aliphatic rings. The molecule has 1 unspecified atom stereocenters. The van der Waals surface area contributed by atoms with Crippen LogP contribution in [0.3, 0.4) is 0 Å². The lowest BCUT2D eigenvalue weighted by Gasteiger charge is -2.41. The highest BCUT2D eigenvalue weighted by Crippen LogP contribution is 2.30. The number of nitrogens with zero attached hydrogens (tertiary/aromatic N) is 4. The number of rotatable bonds is 40. The van der Waals surface area contributed by atoms with E-state index >= 15 is 0 Å². The number of amides is 12. The Bertz CT molecular complexity index is 2880. The number of methoxy groups -OCH3 is 2. The zero-order valence-corrected chi connectivity index (χ0v) is 56.6. The summed E-state index contributed by atoms with van der Waals surface area (Å²) in [6, 6.07) is 12.7. The Balaban J connectivity index is 1.27. The van der Waals surface area contributed by atoms with Gasteiger partial charge in [-0.1, -0.05) is 122 Å². The SMILES string of the molecule is CC[C@H](C)[C@@H](C(CC(=O)N1CCC[C@H]1[C@H](OC)[C@@H](C)C(=O)N[C@H](C)[C@@H](O)c1ccccc1)OC)N(C)C(=O)[C@@H](NC(=O)[C@H](C(C)C)N(C)C(=O)COCNC(=O)CNC(=O)[C@H](Cc1ccccc1)NC(=O)CNC(=O)CNC(=O)CCCCCN1C(=O)C=CC1=O)C(C)C. The molecule has 12 amide bonds. The van der Waals surface area contributed by atoms with Crippen molar-refractivity contribution in [1.29, 1.82) is 0 Å². The molecule has 0 bridgehead atoms. The number of likely N-dealkylation sites (N-methyl/N-ethyl adjacent to an activating group) is 2. The first-order chi connectivity index (χ1) is 44.6. The molecule has 0 radical (unpaired) electrons. The van der Waals surface area contributed by atoms with Crippen molar-refractivity contribution >= 4 is 70.9 Å². The number of unbranched alkanes of at least 4 members (excludes halogenated alkanes) is 2. The Morgan fingerprint density at radius 2 is 1.28 bits per heavy atom. The number of carbonyl (C=O) groups is 12. The second-order valence-electron chi connectivity index (χ2n) is 24.8. The minimum Gasteiger partial charge on any atom is -0.386 e. The number of likely N-dealkylation sites (tertiary alicyclic amines) is 1. The average Bonchev–Trinajstić information content (AvgIpc) is 1.44. The number of hydrogen-bond donors (Lipinski definition) is 8. The molecular weight excluding hydrogens is 1210 g/mol. The molecule has 1 saturated heterocycles. The maximum atomic E-state index is 14.7. The van der Waals surface area contributed by atoms with Gasteiger partial charge in [0.05, 0.1) is 68.4 Å². The fourth-order valence-electron chi connectivity index (χ4n) is 11.7. The molecular formula is C67H101N11O16. The van der Waals surface area contributed by atoms with Crippen molar-refractivity contribution in [2.75, 3.05) is 74.4 Å². The third kappa shape index (κ3) is 24.0. The second-order valence-corrected chi connectivity index (χ2v) is 24.8. The number of benzene rings is 2. The van der Waals surface area contributed by atoms with Crippen LogP contribution >= 0.6 is 0 Å². The number of nitrogens with one attached hydrogen (secondary N) is 7. The number of hydrogen-bond acceptors (Lipinski definition) is 16. The lowest BCUT2D eigenvalue weighted by Crippen LogP contribution is -2.60. The van der Waals surface area contributed by atoms with E-state index < -0.39 is 153 Å². The highest BCUT2D eigenvalue weighted by Gasteiger charge is 2.44. The first-order valence-electron chi connectivity index (χ1n) is 32.4. The average molecular weight is 1320 g/mol. The number of ether oxygens (including phenoxy) is 3. The maximum Gasteiger partial charge on any atom is 0.253 e. The summed E-state index contributed by atoms with van der Waals surface area (Å²) < 4.78 is 17.5. The highest BCUT2D eigenvalue weighted by atomic mass is 16.5. The zero-order chi connectivity index (χ0) is 69.8. The Hall–Kier alpha value is -8.14. The van der Waals surface area contributed by atoms with Crippen LogP contribution in [0.25, 0.3) is 0 Å². The quantitative estimate of drug-likeness (QED) is 0.0266. The summed E-state index contributed by atoms with van der Waals surface area (Å²) in [5, 5.41) is 29.1. The van der Waals surface area contributed by atoms with Crippen molar-refractivity contribution in [3.05, 3.63) is 83.9 Å². The smallest absolute Gasteiger partial charge is 0.253 e. The molecule has 11 atom stereocenters. The number of aliphatic hydroxyl groups is 1. The van der Waals surface area contributed by atoms with Crippen LogP contribution in [0, 0.1) is 23.7 Å². The van der Waals surface area contributed by atoms with Crippen LogP contribution in [-0.2, 0) is 78.2 Å². The summed E-state index contributed by atoms with van der Waals surface area (Å²) in [5.74, 6) is -7.98. The van der Waals surface area contributed by atoms with Gasteiger partial charge in [-0.15, -0.1) is 0 Å². The number of aliphatic hydroxyl groups excluding tert-OH is 1. The molecule has 2 aliphatic heterocycles. The monoisotopic (exact) mass is 1320 g/mol. The van der Waals surface area contributed by atoms with E-state index in [1.165, 1.54) is 43.2 Å². The molecule has 1 fully saturated rings. The van der Waals surface area contributed by atoms with Gasteiger partial charge in [0.25, 0.3) is 11.8 Å². The third-order valence-corrected chi connectivity index (χ3v) is 17.2. The van der Waals surface area contributed by atoms with Gasteiger partial charge in [-0.25, -0.2) is 0 Å². The van der Waals surface area contributed by atoms with E-state index in [1.807, 2.05) is 32.0 Å². The van der Waals surface area contributed by atoms with Gasteiger partial charge < -0.3 is 71.2 Å². The predicted octanol–water partition coefficient (Wildman–Crippen LogP) is 1.42. The summed E-state index contributed by atoms with van der Waals surface area (Å²) in [6.07, 6.45) is 3.43. The van der Waals surface area contributed by atoms with Crippen LogP contribution in [-0.4, -0.2) is 218 Å². The predicted molar refractivity (Wildman–Crippen MR) is 348 cm³/mol. The minimum absolute atomic E-state index is 0.0232. The van der Waals surface area contributed by atoms with Gasteiger partial charge in [-0.3, -0.25) is 62.4 Å². The Labute approximate surface area is 552 Å². The van der Waals surface area contributed by atoms with E-state index in [-0.39, 0.29) is 55.4 Å². The summed E-state index contributed by atoms with van der Waals surface area (Å²) in [7, 11) is 6.04. The minimum atomic E-state index is -1.18. The Morgan fingerprint density at radius 3 is 1.88 bits per heavy atom. The van der Waals surface area contributed by atoms with Crippen molar-refractivity contribution in [3.63, 3.8) is 0 Å². The molecule has 4 rings (SSSR count). The maximum absolute atomic E-state index is 14.7. The van der Waals surface area contributed by atoms with Crippen molar-refractivity contribution < 1.29 is 76.9 Å². The van der Waals surface area contributed by atoms with Gasteiger partial charge in [0.2, 0.25) is 59.1 Å². The van der Waals surface area contributed by atoms with Crippen LogP contribution in [0.2, 0.25) is 0 Å². The first kappa shape index (κ1) is 78.3. The molecule has 0 spiro atoms. The Kier molecular flexibility index (Phi) is 32.9. The molecule has 27 heteroatoms. The fourth-order valence-corrected chi connectivity index (χ4v) is 11.7. The number of carbonyl (C=O) groups excluding carboxylic acids is 12. The summed E-state index contributed by atoms with van der Waals surface area (Å²) in [5.41, 5.74) is 1.34. The van der Waals surface area contributed by atoms with Gasteiger partial charge in [-0.05, 0) is 61.5 Å². The molecule has 0 saturated carbocycles. The molecule has 0 aliphatic carbocycles. The topological polar surface area (TPSA) is 350 Å². The van der Waals surface area contributed by atoms with Gasteiger partial charge in [0.15, 0.2) is 0 Å². The highest BCUT2D eigenvalue weighted by molar-refractivity contribution is 6.12. The fraction of sp³-hybridized carbons (Fsp3) is 0.612. The first-order valence-corrected chi connectivity index (χ1v) is 32.4. The van der Waals surface area contributed by atoms with E-state index in [0.717, 1.165) is 4.90 Å². The van der Waals surface area contributed by atoms with E-state index in [4.69, 9.17) is 14.2 Å². The van der Waals surface area contributed by atoms with Crippen LogP contribution in [0.15, 0.2) is 72.8 Å². The zero-order valence-electron chi connectivity index (χ0n) is 56.6. The Morgan fingerprint density at radius 1 is 0.670 bits per heavy atom. The van der Waals surface area contributed by atoms with Crippen LogP contribution in [0.1, 0.15) is 124 Å². The molecule has 2 aromatic carbocycles. The molecule has 94 heavy (non-hydrogen) atoms. The largest absolute Gasteiger partial charge is 0.386 e. The van der Waals surface area contributed by atoms with E-state index in [0.29, 0.717) is 56.2 Å². The van der Waals surface area contributed by atoms with Crippen molar-refractivity contribution in [1.82, 2.24) is 56.8 Å². The lowest BCUT2D eigenvalue weighted by molar-refractivity contribution is -0.149. The van der Waals surface area contributed by atoms with Gasteiger partial charge in [-0.2, -0.15) is 0 Å². The molecule has 2 aromatic rings. The molecule has 2 heterocycles. The van der Waals surface area contributed by atoms with E-state index in [1.54, 1.807) is 96.0 Å². The third-order valence-electron chi connectivity index (χ3n) is 17.2. The summed E-state index contributed by atoms with van der Waals surface area (Å²) in [6.45, 7) is 12.6.